The monoisotopic (exact) mass is 561 g/mol. The minimum absolute atomic E-state index is 0. The molecule has 0 unspecified atom stereocenters. The van der Waals surface area contributed by atoms with Crippen LogP contribution < -0.4 is 25.6 Å². The number of carbonyl (C=O) groups excluding carboxylic acids is 2. The maximum Gasteiger partial charge on any atom is 0.408 e. The lowest BCUT2D eigenvalue weighted by atomic mass is 10.1. The highest BCUT2D eigenvalue weighted by Crippen LogP contribution is 2.31. The summed E-state index contributed by atoms with van der Waals surface area (Å²) in [5.74, 6) is 1.30. The lowest BCUT2D eigenvalue weighted by molar-refractivity contribution is -0.121. The Labute approximate surface area is 207 Å². The van der Waals surface area contributed by atoms with E-state index in [1.165, 1.54) is 0 Å². The summed E-state index contributed by atoms with van der Waals surface area (Å²) in [6.45, 7) is 11.0. The van der Waals surface area contributed by atoms with E-state index in [1.807, 2.05) is 58.9 Å². The maximum atomic E-state index is 12.2. The second-order valence-electron chi connectivity index (χ2n) is 9.02. The number of halogens is 1. The van der Waals surface area contributed by atoms with Crippen molar-refractivity contribution in [2.24, 2.45) is 4.99 Å². The molecule has 3 N–H and O–H groups in total. The highest BCUT2D eigenvalue weighted by molar-refractivity contribution is 14.0. The van der Waals surface area contributed by atoms with Gasteiger partial charge in [-0.3, -0.25) is 9.79 Å². The molecule has 0 radical (unpaired) electrons. The van der Waals surface area contributed by atoms with E-state index in [1.54, 1.807) is 11.9 Å². The van der Waals surface area contributed by atoms with Gasteiger partial charge in [-0.1, -0.05) is 12.1 Å². The largest absolute Gasteiger partial charge is 0.482 e. The van der Waals surface area contributed by atoms with Crippen LogP contribution in [0.1, 0.15) is 41.0 Å². The minimum atomic E-state index is -0.548. The topological polar surface area (TPSA) is 104 Å². The molecule has 1 aromatic rings. The number of hydrogen-bond acceptors (Lipinski definition) is 5. The molecule has 32 heavy (non-hydrogen) atoms. The van der Waals surface area contributed by atoms with E-state index in [4.69, 9.17) is 9.47 Å². The Hall–Kier alpha value is -2.24. The van der Waals surface area contributed by atoms with Gasteiger partial charge in [-0.2, -0.15) is 0 Å². The van der Waals surface area contributed by atoms with E-state index < -0.39 is 17.2 Å². The van der Waals surface area contributed by atoms with E-state index in [9.17, 15) is 9.59 Å². The number of rotatable bonds is 7. The van der Waals surface area contributed by atoms with Crippen molar-refractivity contribution in [1.29, 1.82) is 0 Å². The number of fused-ring (bicyclic) bond motifs is 1. The van der Waals surface area contributed by atoms with Gasteiger partial charge in [0.15, 0.2) is 12.6 Å². The molecule has 1 aliphatic heterocycles. The predicted molar refractivity (Wildman–Crippen MR) is 137 cm³/mol. The minimum Gasteiger partial charge on any atom is -0.482 e. The van der Waals surface area contributed by atoms with Crippen molar-refractivity contribution in [3.05, 3.63) is 24.3 Å². The van der Waals surface area contributed by atoms with Gasteiger partial charge in [-0.05, 0) is 53.2 Å². The molecule has 0 fully saturated rings. The zero-order chi connectivity index (χ0) is 23.1. The van der Waals surface area contributed by atoms with Crippen LogP contribution in [0, 0.1) is 0 Å². The fraction of sp³-hybridized carbons (Fsp3) is 0.591. The lowest BCUT2D eigenvalue weighted by Crippen LogP contribution is -2.54. The SMILES string of the molecule is CN=C(NCCCN1C(=O)COc2ccccc21)NCC(C)(C)NC(=O)OC(C)(C)C.I. The number of anilines is 1. The Morgan fingerprint density at radius 2 is 1.88 bits per heavy atom. The first-order valence-corrected chi connectivity index (χ1v) is 10.5. The van der Waals surface area contributed by atoms with Gasteiger partial charge >= 0.3 is 6.09 Å². The Kier molecular flexibility index (Phi) is 10.5. The van der Waals surface area contributed by atoms with Crippen LogP contribution in [0.2, 0.25) is 0 Å². The van der Waals surface area contributed by atoms with E-state index in [0.29, 0.717) is 25.6 Å². The maximum absolute atomic E-state index is 12.2. The third-order valence-corrected chi connectivity index (χ3v) is 4.42. The first-order chi connectivity index (χ1) is 14.5. The van der Waals surface area contributed by atoms with Gasteiger partial charge in [0, 0.05) is 26.7 Å². The summed E-state index contributed by atoms with van der Waals surface area (Å²) in [6.07, 6.45) is 0.276. The second kappa shape index (κ2) is 12.1. The standard InChI is InChI=1S/C22H35N5O4.HI/c1-21(2,3)31-20(29)26-22(4,5)15-25-19(23-6)24-12-9-13-27-16-10-7-8-11-17(16)30-14-18(27)28;/h7-8,10-11H,9,12-15H2,1-6H3,(H,26,29)(H2,23,24,25);1H. The summed E-state index contributed by atoms with van der Waals surface area (Å²) >= 11 is 0. The molecular formula is C22H36IN5O4. The Morgan fingerprint density at radius 1 is 1.19 bits per heavy atom. The number of alkyl carbamates (subject to hydrolysis) is 1. The van der Waals surface area contributed by atoms with Gasteiger partial charge in [0.2, 0.25) is 0 Å². The second-order valence-corrected chi connectivity index (χ2v) is 9.02. The average Bonchev–Trinajstić information content (AvgIpc) is 2.66. The molecule has 2 rings (SSSR count). The number of ether oxygens (including phenoxy) is 2. The highest BCUT2D eigenvalue weighted by atomic mass is 127. The number of para-hydroxylation sites is 2. The van der Waals surface area contributed by atoms with Crippen molar-refractivity contribution >= 4 is 47.6 Å². The Morgan fingerprint density at radius 3 is 2.53 bits per heavy atom. The van der Waals surface area contributed by atoms with Gasteiger partial charge in [0.05, 0.1) is 11.2 Å². The number of nitrogens with zero attached hydrogens (tertiary/aromatic N) is 2. The van der Waals surface area contributed by atoms with Crippen molar-refractivity contribution in [2.45, 2.75) is 52.2 Å². The number of guanidine groups is 1. The van der Waals surface area contributed by atoms with E-state index in [2.05, 4.69) is 20.9 Å². The first-order valence-electron chi connectivity index (χ1n) is 10.5. The molecule has 0 bridgehead atoms. The van der Waals surface area contributed by atoms with E-state index in [-0.39, 0.29) is 36.5 Å². The van der Waals surface area contributed by atoms with Gasteiger partial charge in [0.1, 0.15) is 11.4 Å². The van der Waals surface area contributed by atoms with Crippen LogP contribution in [0.5, 0.6) is 5.75 Å². The number of aliphatic imine (C=N–C) groups is 1. The summed E-state index contributed by atoms with van der Waals surface area (Å²) in [5, 5.41) is 9.30. The zero-order valence-corrected chi connectivity index (χ0v) is 22.1. The summed E-state index contributed by atoms with van der Waals surface area (Å²) in [6, 6.07) is 7.54. The quantitative estimate of drug-likeness (QED) is 0.205. The van der Waals surface area contributed by atoms with Crippen LogP contribution in [0.15, 0.2) is 29.3 Å². The van der Waals surface area contributed by atoms with Crippen LogP contribution >= 0.6 is 24.0 Å². The number of carbonyl (C=O) groups is 2. The molecule has 1 aliphatic rings. The number of benzene rings is 1. The Bertz CT molecular complexity index is 808. The third-order valence-electron chi connectivity index (χ3n) is 4.42. The van der Waals surface area contributed by atoms with Gasteiger partial charge in [0.25, 0.3) is 5.91 Å². The smallest absolute Gasteiger partial charge is 0.408 e. The summed E-state index contributed by atoms with van der Waals surface area (Å²) in [4.78, 5) is 30.2. The number of nitrogens with one attached hydrogen (secondary N) is 3. The fourth-order valence-corrected chi connectivity index (χ4v) is 2.99. The molecule has 0 saturated carbocycles. The van der Waals surface area contributed by atoms with Crippen LogP contribution in [-0.2, 0) is 9.53 Å². The van der Waals surface area contributed by atoms with E-state index >= 15 is 0 Å². The summed E-state index contributed by atoms with van der Waals surface area (Å²) < 4.78 is 10.8. The third kappa shape index (κ3) is 9.09. The molecule has 0 aromatic heterocycles. The van der Waals surface area contributed by atoms with Crippen molar-refractivity contribution in [3.63, 3.8) is 0 Å². The van der Waals surface area contributed by atoms with Crippen LogP contribution in [0.3, 0.4) is 0 Å². The van der Waals surface area contributed by atoms with Gasteiger partial charge in [-0.25, -0.2) is 4.79 Å². The molecule has 10 heteroatoms. The fourth-order valence-electron chi connectivity index (χ4n) is 2.99. The van der Waals surface area contributed by atoms with Crippen molar-refractivity contribution in [3.8, 4) is 5.75 Å². The Balaban J connectivity index is 0.00000512. The predicted octanol–water partition coefficient (Wildman–Crippen LogP) is 2.89. The lowest BCUT2D eigenvalue weighted by Gasteiger charge is -2.30. The van der Waals surface area contributed by atoms with Crippen molar-refractivity contribution in [1.82, 2.24) is 16.0 Å². The molecule has 1 aromatic carbocycles. The van der Waals surface area contributed by atoms with Crippen molar-refractivity contribution in [2.75, 3.05) is 38.2 Å². The molecule has 2 amide bonds. The van der Waals surface area contributed by atoms with Crippen LogP contribution in [-0.4, -0.2) is 62.4 Å². The zero-order valence-electron chi connectivity index (χ0n) is 19.8. The summed E-state index contributed by atoms with van der Waals surface area (Å²) in [7, 11) is 1.69. The first kappa shape index (κ1) is 27.8. The molecule has 0 aliphatic carbocycles. The highest BCUT2D eigenvalue weighted by Gasteiger charge is 2.26. The number of amides is 2. The summed E-state index contributed by atoms with van der Waals surface area (Å²) in [5.41, 5.74) is -0.284. The average molecular weight is 561 g/mol. The normalized spacial score (nSPS) is 14.0. The van der Waals surface area contributed by atoms with Gasteiger partial charge < -0.3 is 30.3 Å². The molecule has 0 saturated heterocycles. The molecule has 1 heterocycles. The van der Waals surface area contributed by atoms with Crippen LogP contribution in [0.25, 0.3) is 0 Å². The van der Waals surface area contributed by atoms with Crippen molar-refractivity contribution < 1.29 is 19.1 Å². The van der Waals surface area contributed by atoms with E-state index in [0.717, 1.165) is 17.9 Å². The number of hydrogen-bond donors (Lipinski definition) is 3. The van der Waals surface area contributed by atoms with Crippen LogP contribution in [0.4, 0.5) is 10.5 Å². The molecule has 180 valence electrons. The molecule has 9 nitrogen and oxygen atoms in total. The van der Waals surface area contributed by atoms with Gasteiger partial charge in [-0.15, -0.1) is 24.0 Å². The molecular weight excluding hydrogens is 525 g/mol. The molecule has 0 atom stereocenters. The molecule has 0 spiro atoms.